The molecule has 0 bridgehead atoms. The van der Waals surface area contributed by atoms with Crippen LogP contribution in [-0.4, -0.2) is 14.7 Å². The molecule has 1 aromatic heterocycles. The van der Waals surface area contributed by atoms with Crippen LogP contribution in [0.1, 0.15) is 17.4 Å². The van der Waals surface area contributed by atoms with Crippen molar-refractivity contribution in [1.82, 2.24) is 9.59 Å². The normalized spacial score (nSPS) is 12.7. The smallest absolute Gasteiger partial charge is 0.124 e. The second kappa shape index (κ2) is 4.86. The Morgan fingerprint density at radius 2 is 2.31 bits per heavy atom. The van der Waals surface area contributed by atoms with Crippen LogP contribution in [0.15, 0.2) is 23.6 Å². The van der Waals surface area contributed by atoms with Crippen LogP contribution in [0.25, 0.3) is 0 Å². The minimum Gasteiger partial charge on any atom is -0.386 e. The number of aliphatic hydroxyl groups is 1. The van der Waals surface area contributed by atoms with Crippen molar-refractivity contribution in [2.75, 3.05) is 0 Å². The lowest BCUT2D eigenvalue weighted by atomic mass is 10.1. The van der Waals surface area contributed by atoms with Gasteiger partial charge in [0, 0.05) is 16.8 Å². The van der Waals surface area contributed by atoms with E-state index in [9.17, 15) is 9.50 Å². The molecule has 0 aliphatic carbocycles. The van der Waals surface area contributed by atoms with Crippen LogP contribution in [0.3, 0.4) is 0 Å². The monoisotopic (exact) mass is 258 g/mol. The van der Waals surface area contributed by atoms with Gasteiger partial charge in [0.2, 0.25) is 0 Å². The summed E-state index contributed by atoms with van der Waals surface area (Å²) in [5, 5.41) is 15.5. The fourth-order valence-electron chi connectivity index (χ4n) is 1.32. The van der Waals surface area contributed by atoms with Gasteiger partial charge in [0.1, 0.15) is 17.6 Å². The van der Waals surface area contributed by atoms with Gasteiger partial charge < -0.3 is 5.11 Å². The van der Waals surface area contributed by atoms with Gasteiger partial charge in [-0.25, -0.2) is 4.39 Å². The van der Waals surface area contributed by atoms with E-state index in [0.717, 1.165) is 0 Å². The molecule has 1 atom stereocenters. The van der Waals surface area contributed by atoms with Crippen LogP contribution >= 0.6 is 23.1 Å². The molecule has 0 spiro atoms. The Morgan fingerprint density at radius 3 is 2.94 bits per heavy atom. The van der Waals surface area contributed by atoms with Gasteiger partial charge in [-0.2, -0.15) is 0 Å². The van der Waals surface area contributed by atoms with Gasteiger partial charge >= 0.3 is 0 Å². The molecule has 2 aromatic rings. The summed E-state index contributed by atoms with van der Waals surface area (Å²) in [6.45, 7) is 0. The molecule has 1 heterocycles. The standard InChI is InChI=1S/C10H8ClFN2OS/c11-8-4-7(12)2-1-6(8)3-10(15)9-5-16-14-13-9/h1-2,4-5,10,15H,3H2. The first kappa shape index (κ1) is 11.4. The molecule has 1 aromatic carbocycles. The Morgan fingerprint density at radius 1 is 1.50 bits per heavy atom. The van der Waals surface area contributed by atoms with Crippen molar-refractivity contribution >= 4 is 23.1 Å². The van der Waals surface area contributed by atoms with Crippen LogP contribution < -0.4 is 0 Å². The SMILES string of the molecule is OC(Cc1ccc(F)cc1Cl)c1csnn1. The molecule has 0 saturated carbocycles. The first-order valence-corrected chi connectivity index (χ1v) is 5.77. The van der Waals surface area contributed by atoms with Crippen molar-refractivity contribution in [2.24, 2.45) is 0 Å². The highest BCUT2D eigenvalue weighted by Crippen LogP contribution is 2.23. The van der Waals surface area contributed by atoms with E-state index in [0.29, 0.717) is 22.7 Å². The number of aliphatic hydroxyl groups excluding tert-OH is 1. The average molecular weight is 259 g/mol. The molecule has 1 unspecified atom stereocenters. The highest BCUT2D eigenvalue weighted by atomic mass is 35.5. The molecular weight excluding hydrogens is 251 g/mol. The maximum atomic E-state index is 12.8. The second-order valence-corrected chi connectivity index (χ2v) is 4.30. The molecule has 0 amide bonds. The van der Waals surface area contributed by atoms with Gasteiger partial charge in [-0.15, -0.1) is 5.10 Å². The molecule has 0 radical (unpaired) electrons. The number of aromatic nitrogens is 2. The summed E-state index contributed by atoms with van der Waals surface area (Å²) < 4.78 is 16.5. The van der Waals surface area contributed by atoms with E-state index in [1.165, 1.54) is 23.7 Å². The lowest BCUT2D eigenvalue weighted by Crippen LogP contribution is -2.03. The van der Waals surface area contributed by atoms with E-state index >= 15 is 0 Å². The van der Waals surface area contributed by atoms with Gasteiger partial charge in [0.25, 0.3) is 0 Å². The minimum atomic E-state index is -0.762. The van der Waals surface area contributed by atoms with Crippen molar-refractivity contribution in [2.45, 2.75) is 12.5 Å². The Hall–Kier alpha value is -1.04. The third-order valence-corrected chi connectivity index (χ3v) is 3.02. The molecule has 0 aliphatic rings. The summed E-state index contributed by atoms with van der Waals surface area (Å²) in [6.07, 6.45) is -0.466. The molecule has 84 valence electrons. The van der Waals surface area contributed by atoms with Crippen LogP contribution in [0.5, 0.6) is 0 Å². The number of nitrogens with zero attached hydrogens (tertiary/aromatic N) is 2. The minimum absolute atomic E-state index is 0.296. The van der Waals surface area contributed by atoms with Crippen molar-refractivity contribution in [1.29, 1.82) is 0 Å². The number of hydrogen-bond donors (Lipinski definition) is 1. The van der Waals surface area contributed by atoms with Crippen LogP contribution in [0.4, 0.5) is 4.39 Å². The second-order valence-electron chi connectivity index (χ2n) is 3.29. The molecule has 0 saturated heterocycles. The van der Waals surface area contributed by atoms with E-state index in [2.05, 4.69) is 9.59 Å². The van der Waals surface area contributed by atoms with E-state index in [-0.39, 0.29) is 0 Å². The summed E-state index contributed by atoms with van der Waals surface area (Å²) >= 11 is 7.02. The molecule has 2 rings (SSSR count). The zero-order valence-electron chi connectivity index (χ0n) is 8.10. The number of hydrogen-bond acceptors (Lipinski definition) is 4. The summed E-state index contributed by atoms with van der Waals surface area (Å²) in [6, 6.07) is 4.09. The third kappa shape index (κ3) is 2.55. The van der Waals surface area contributed by atoms with E-state index < -0.39 is 11.9 Å². The summed E-state index contributed by atoms with van der Waals surface area (Å²) in [4.78, 5) is 0. The quantitative estimate of drug-likeness (QED) is 0.921. The Kier molecular flexibility index (Phi) is 3.48. The van der Waals surface area contributed by atoms with Crippen LogP contribution in [0.2, 0.25) is 5.02 Å². The van der Waals surface area contributed by atoms with E-state index in [4.69, 9.17) is 11.6 Å². The van der Waals surface area contributed by atoms with Gasteiger partial charge in [-0.3, -0.25) is 0 Å². The van der Waals surface area contributed by atoms with Gasteiger partial charge in [0.15, 0.2) is 0 Å². The lowest BCUT2D eigenvalue weighted by molar-refractivity contribution is 0.173. The van der Waals surface area contributed by atoms with E-state index in [1.54, 1.807) is 11.4 Å². The van der Waals surface area contributed by atoms with Crippen molar-refractivity contribution in [3.05, 3.63) is 45.7 Å². The zero-order chi connectivity index (χ0) is 11.5. The average Bonchev–Trinajstić information content (AvgIpc) is 2.75. The van der Waals surface area contributed by atoms with Crippen molar-refractivity contribution < 1.29 is 9.50 Å². The summed E-state index contributed by atoms with van der Waals surface area (Å²) in [5.74, 6) is -0.390. The maximum Gasteiger partial charge on any atom is 0.124 e. The fraction of sp³-hybridized carbons (Fsp3) is 0.200. The first-order chi connectivity index (χ1) is 7.66. The number of halogens is 2. The fourth-order valence-corrected chi connectivity index (χ4v) is 2.06. The molecule has 6 heteroatoms. The molecule has 0 aliphatic heterocycles. The zero-order valence-corrected chi connectivity index (χ0v) is 9.67. The van der Waals surface area contributed by atoms with Gasteiger partial charge in [0.05, 0.1) is 0 Å². The predicted molar refractivity (Wildman–Crippen MR) is 60.0 cm³/mol. The van der Waals surface area contributed by atoms with Crippen LogP contribution in [-0.2, 0) is 6.42 Å². The largest absolute Gasteiger partial charge is 0.386 e. The van der Waals surface area contributed by atoms with Gasteiger partial charge in [-0.1, -0.05) is 22.2 Å². The lowest BCUT2D eigenvalue weighted by Gasteiger charge is -2.08. The molecule has 1 N–H and O–H groups in total. The maximum absolute atomic E-state index is 12.8. The summed E-state index contributed by atoms with van der Waals surface area (Å²) in [5.41, 5.74) is 1.19. The first-order valence-electron chi connectivity index (χ1n) is 4.56. The van der Waals surface area contributed by atoms with E-state index in [1.807, 2.05) is 0 Å². The topological polar surface area (TPSA) is 46.0 Å². The highest BCUT2D eigenvalue weighted by molar-refractivity contribution is 7.03. The molecule has 3 nitrogen and oxygen atoms in total. The molecule has 0 fully saturated rings. The van der Waals surface area contributed by atoms with Gasteiger partial charge in [-0.05, 0) is 29.2 Å². The Labute approximate surface area is 101 Å². The van der Waals surface area contributed by atoms with Crippen molar-refractivity contribution in [3.63, 3.8) is 0 Å². The third-order valence-electron chi connectivity index (χ3n) is 2.15. The highest BCUT2D eigenvalue weighted by Gasteiger charge is 2.13. The molecular formula is C10H8ClFN2OS. The number of rotatable bonds is 3. The number of benzene rings is 1. The summed E-state index contributed by atoms with van der Waals surface area (Å²) in [7, 11) is 0. The Bertz CT molecular complexity index is 478. The molecule has 16 heavy (non-hydrogen) atoms. The Balaban J connectivity index is 2.15. The predicted octanol–water partition coefficient (Wildman–Crippen LogP) is 2.61. The van der Waals surface area contributed by atoms with Crippen LogP contribution in [0, 0.1) is 5.82 Å². The van der Waals surface area contributed by atoms with Crippen molar-refractivity contribution in [3.8, 4) is 0 Å².